The smallest absolute Gasteiger partial charge is 0.00356 e. The van der Waals surface area contributed by atoms with E-state index in [4.69, 9.17) is 0 Å². The second kappa shape index (κ2) is 5.33. The first kappa shape index (κ1) is 12.1. The van der Waals surface area contributed by atoms with Crippen molar-refractivity contribution in [3.63, 3.8) is 0 Å². The summed E-state index contributed by atoms with van der Waals surface area (Å²) in [6, 6.07) is 15.9. The predicted molar refractivity (Wildman–Crippen MR) is 75.4 cm³/mol. The molecule has 0 saturated carbocycles. The Morgan fingerprint density at radius 1 is 1.00 bits per heavy atom. The molecule has 0 heterocycles. The molecule has 90 valence electrons. The summed E-state index contributed by atoms with van der Waals surface area (Å²) in [7, 11) is 2.19. The van der Waals surface area contributed by atoms with Crippen LogP contribution in [0.25, 0.3) is 10.8 Å². The molecule has 0 aromatic heterocycles. The van der Waals surface area contributed by atoms with Crippen LogP contribution in [0.5, 0.6) is 0 Å². The molecule has 0 fully saturated rings. The Morgan fingerprint density at radius 3 is 2.41 bits per heavy atom. The van der Waals surface area contributed by atoms with Crippen LogP contribution >= 0.6 is 0 Å². The molecule has 1 nitrogen and oxygen atoms in total. The van der Waals surface area contributed by atoms with Crippen molar-refractivity contribution in [2.24, 2.45) is 0 Å². The Labute approximate surface area is 104 Å². The van der Waals surface area contributed by atoms with Crippen LogP contribution in [-0.4, -0.2) is 24.5 Å². The van der Waals surface area contributed by atoms with Crippen LogP contribution < -0.4 is 0 Å². The molecule has 0 spiro atoms. The number of rotatable bonds is 4. The van der Waals surface area contributed by atoms with Crippen LogP contribution in [0.1, 0.15) is 19.4 Å². The van der Waals surface area contributed by atoms with E-state index in [1.54, 1.807) is 0 Å². The third-order valence-electron chi connectivity index (χ3n) is 3.45. The minimum Gasteiger partial charge on any atom is -0.304 e. The van der Waals surface area contributed by atoms with E-state index >= 15 is 0 Å². The number of likely N-dealkylation sites (N-methyl/N-ethyl adjacent to an activating group) is 1. The first-order valence-corrected chi connectivity index (χ1v) is 6.35. The summed E-state index contributed by atoms with van der Waals surface area (Å²) in [5.74, 6) is 0. The van der Waals surface area contributed by atoms with E-state index in [1.165, 1.54) is 16.3 Å². The molecule has 0 atom stereocenters. The van der Waals surface area contributed by atoms with Crippen molar-refractivity contribution in [2.75, 3.05) is 13.6 Å². The van der Waals surface area contributed by atoms with Crippen molar-refractivity contribution in [1.82, 2.24) is 4.90 Å². The van der Waals surface area contributed by atoms with Gasteiger partial charge in [-0.25, -0.2) is 0 Å². The summed E-state index contributed by atoms with van der Waals surface area (Å²) < 4.78 is 0. The van der Waals surface area contributed by atoms with Gasteiger partial charge in [0.1, 0.15) is 0 Å². The molecule has 0 saturated heterocycles. The average molecular weight is 227 g/mol. The maximum absolute atomic E-state index is 2.38. The fourth-order valence-electron chi connectivity index (χ4n) is 1.96. The molecular weight excluding hydrogens is 206 g/mol. The van der Waals surface area contributed by atoms with Gasteiger partial charge in [-0.2, -0.15) is 0 Å². The van der Waals surface area contributed by atoms with E-state index in [9.17, 15) is 0 Å². The molecule has 0 unspecified atom stereocenters. The minimum atomic E-state index is 0.621. The summed E-state index contributed by atoms with van der Waals surface area (Å²) in [6.07, 6.45) is 1.12. The standard InChI is InChI=1S/C16H21N/c1-13(2)17(3)11-10-14-8-9-15-6-4-5-7-16(15)12-14/h4-9,12-13H,10-11H2,1-3H3. The lowest BCUT2D eigenvalue weighted by molar-refractivity contribution is 0.277. The highest BCUT2D eigenvalue weighted by molar-refractivity contribution is 5.82. The molecule has 0 aliphatic rings. The number of hydrogen-bond acceptors (Lipinski definition) is 1. The zero-order valence-corrected chi connectivity index (χ0v) is 11.0. The first-order chi connectivity index (χ1) is 8.16. The lowest BCUT2D eigenvalue weighted by Crippen LogP contribution is -2.28. The zero-order chi connectivity index (χ0) is 12.3. The highest BCUT2D eigenvalue weighted by atomic mass is 15.1. The van der Waals surface area contributed by atoms with E-state index in [-0.39, 0.29) is 0 Å². The van der Waals surface area contributed by atoms with E-state index < -0.39 is 0 Å². The number of fused-ring (bicyclic) bond motifs is 1. The average Bonchev–Trinajstić information content (AvgIpc) is 2.35. The van der Waals surface area contributed by atoms with Crippen molar-refractivity contribution in [2.45, 2.75) is 26.3 Å². The predicted octanol–water partition coefficient (Wildman–Crippen LogP) is 3.72. The number of hydrogen-bond donors (Lipinski definition) is 0. The SMILES string of the molecule is CC(C)N(C)CCc1ccc2ccccc2c1. The van der Waals surface area contributed by atoms with Gasteiger partial charge in [0.15, 0.2) is 0 Å². The minimum absolute atomic E-state index is 0.621. The van der Waals surface area contributed by atoms with E-state index in [0.717, 1.165) is 13.0 Å². The topological polar surface area (TPSA) is 3.24 Å². The number of benzene rings is 2. The largest absolute Gasteiger partial charge is 0.304 e. The van der Waals surface area contributed by atoms with Gasteiger partial charge in [-0.15, -0.1) is 0 Å². The second-order valence-electron chi connectivity index (χ2n) is 5.01. The van der Waals surface area contributed by atoms with Crippen molar-refractivity contribution in [3.8, 4) is 0 Å². The molecule has 17 heavy (non-hydrogen) atoms. The molecule has 0 bridgehead atoms. The van der Waals surface area contributed by atoms with Gasteiger partial charge in [-0.3, -0.25) is 0 Å². The molecule has 0 aliphatic heterocycles. The third-order valence-corrected chi connectivity index (χ3v) is 3.45. The van der Waals surface area contributed by atoms with Crippen molar-refractivity contribution in [3.05, 3.63) is 48.0 Å². The monoisotopic (exact) mass is 227 g/mol. The zero-order valence-electron chi connectivity index (χ0n) is 11.0. The summed E-state index contributed by atoms with van der Waals surface area (Å²) in [6.45, 7) is 5.59. The quantitative estimate of drug-likeness (QED) is 0.769. The van der Waals surface area contributed by atoms with Crippen LogP contribution in [0.15, 0.2) is 42.5 Å². The van der Waals surface area contributed by atoms with E-state index in [0.29, 0.717) is 6.04 Å². The second-order valence-corrected chi connectivity index (χ2v) is 5.01. The van der Waals surface area contributed by atoms with Gasteiger partial charge in [0.05, 0.1) is 0 Å². The molecule has 2 aromatic carbocycles. The normalized spacial score (nSPS) is 11.6. The van der Waals surface area contributed by atoms with Gasteiger partial charge in [0, 0.05) is 12.6 Å². The third kappa shape index (κ3) is 3.07. The van der Waals surface area contributed by atoms with Crippen LogP contribution in [0, 0.1) is 0 Å². The van der Waals surface area contributed by atoms with Crippen molar-refractivity contribution in [1.29, 1.82) is 0 Å². The molecule has 2 aromatic rings. The highest BCUT2D eigenvalue weighted by Crippen LogP contribution is 2.16. The summed E-state index contributed by atoms with van der Waals surface area (Å²) >= 11 is 0. The maximum Gasteiger partial charge on any atom is 0.00356 e. The van der Waals surface area contributed by atoms with E-state index in [2.05, 4.69) is 68.3 Å². The lowest BCUT2D eigenvalue weighted by Gasteiger charge is -2.20. The van der Waals surface area contributed by atoms with Crippen LogP contribution in [0.2, 0.25) is 0 Å². The fraction of sp³-hybridized carbons (Fsp3) is 0.375. The molecule has 0 N–H and O–H groups in total. The van der Waals surface area contributed by atoms with Crippen LogP contribution in [0.4, 0.5) is 0 Å². The molecular formula is C16H21N. The van der Waals surface area contributed by atoms with Crippen molar-refractivity contribution >= 4 is 10.8 Å². The maximum atomic E-state index is 2.38. The summed E-state index contributed by atoms with van der Waals surface area (Å²) in [5, 5.41) is 2.67. The Morgan fingerprint density at radius 2 is 1.71 bits per heavy atom. The van der Waals surface area contributed by atoms with Crippen LogP contribution in [0.3, 0.4) is 0 Å². The van der Waals surface area contributed by atoms with Crippen LogP contribution in [-0.2, 0) is 6.42 Å². The van der Waals surface area contributed by atoms with Gasteiger partial charge in [-0.05, 0) is 43.7 Å². The molecule has 0 amide bonds. The summed E-state index contributed by atoms with van der Waals surface area (Å²) in [4.78, 5) is 2.38. The Hall–Kier alpha value is -1.34. The highest BCUT2D eigenvalue weighted by Gasteiger charge is 2.03. The molecule has 2 rings (SSSR count). The number of nitrogens with zero attached hydrogens (tertiary/aromatic N) is 1. The van der Waals surface area contributed by atoms with Gasteiger partial charge in [-0.1, -0.05) is 42.5 Å². The Balaban J connectivity index is 2.09. The van der Waals surface area contributed by atoms with E-state index in [1.807, 2.05) is 0 Å². The lowest BCUT2D eigenvalue weighted by atomic mass is 10.0. The summed E-state index contributed by atoms with van der Waals surface area (Å²) in [5.41, 5.74) is 1.43. The van der Waals surface area contributed by atoms with Gasteiger partial charge in [0.25, 0.3) is 0 Å². The van der Waals surface area contributed by atoms with Gasteiger partial charge >= 0.3 is 0 Å². The van der Waals surface area contributed by atoms with Gasteiger partial charge in [0.2, 0.25) is 0 Å². The molecule has 0 radical (unpaired) electrons. The van der Waals surface area contributed by atoms with Gasteiger partial charge < -0.3 is 4.90 Å². The fourth-order valence-corrected chi connectivity index (χ4v) is 1.96. The van der Waals surface area contributed by atoms with Crippen molar-refractivity contribution < 1.29 is 0 Å². The Bertz CT molecular complexity index is 488. The molecule has 1 heteroatoms. The first-order valence-electron chi connectivity index (χ1n) is 6.35. The molecule has 0 aliphatic carbocycles. The Kier molecular flexibility index (Phi) is 3.80.